The van der Waals surface area contributed by atoms with Gasteiger partial charge in [-0.3, -0.25) is 10.1 Å². The highest BCUT2D eigenvalue weighted by Gasteiger charge is 2.19. The number of aryl methyl sites for hydroxylation is 1. The third-order valence-corrected chi connectivity index (χ3v) is 5.19. The Morgan fingerprint density at radius 2 is 1.93 bits per heavy atom. The number of benzene rings is 2. The Labute approximate surface area is 175 Å². The van der Waals surface area contributed by atoms with Crippen LogP contribution in [0.15, 0.2) is 65.3 Å². The molecular weight excluding hydrogens is 410 g/mol. The molecule has 152 valence electrons. The predicted molar refractivity (Wildman–Crippen MR) is 110 cm³/mol. The minimum absolute atomic E-state index is 0.119. The predicted octanol–water partition coefficient (Wildman–Crippen LogP) is 5.82. The maximum absolute atomic E-state index is 13.5. The summed E-state index contributed by atoms with van der Waals surface area (Å²) in [5.41, 5.74) is 1.49. The molecule has 4 rings (SSSR count). The molecule has 2 aromatic heterocycles. The lowest BCUT2D eigenvalue weighted by Gasteiger charge is -2.06. The number of hydrogen-bond acceptors (Lipinski definition) is 5. The highest BCUT2D eigenvalue weighted by atomic mass is 32.1. The molecule has 0 spiro atoms. The number of nitrogens with one attached hydrogen (secondary N) is 1. The third kappa shape index (κ3) is 4.23. The maximum Gasteiger partial charge on any atom is 0.293 e. The lowest BCUT2D eigenvalue weighted by Crippen LogP contribution is -2.13. The summed E-state index contributed by atoms with van der Waals surface area (Å²) in [7, 11) is 0. The third-order valence-electron chi connectivity index (χ3n) is 4.30. The first-order chi connectivity index (χ1) is 14.5. The highest BCUT2D eigenvalue weighted by molar-refractivity contribution is 7.16. The number of halogens is 2. The molecule has 30 heavy (non-hydrogen) atoms. The van der Waals surface area contributed by atoms with Crippen molar-refractivity contribution in [1.82, 2.24) is 4.98 Å². The summed E-state index contributed by atoms with van der Waals surface area (Å²) in [6.45, 7) is 1.95. The van der Waals surface area contributed by atoms with Gasteiger partial charge in [0.05, 0.1) is 12.0 Å². The molecule has 0 bridgehead atoms. The minimum Gasteiger partial charge on any atom is -0.489 e. The average molecular weight is 426 g/mol. The van der Waals surface area contributed by atoms with Gasteiger partial charge in [-0.15, -0.1) is 11.3 Å². The van der Waals surface area contributed by atoms with Crippen LogP contribution in [0.5, 0.6) is 5.75 Å². The van der Waals surface area contributed by atoms with Crippen molar-refractivity contribution in [3.8, 4) is 17.0 Å². The normalized spacial score (nSPS) is 10.8. The van der Waals surface area contributed by atoms with Gasteiger partial charge in [-0.1, -0.05) is 18.2 Å². The standard InChI is InChI=1S/C22H16F2N2O3S/c1-13-19(14-7-8-17(23)18(24)11-14)25-22(30-13)26-21(27)20-15(9-10-28-20)12-29-16-5-3-2-4-6-16/h2-11H,12H2,1H3,(H,25,26,27). The van der Waals surface area contributed by atoms with Crippen molar-refractivity contribution in [2.75, 3.05) is 5.32 Å². The van der Waals surface area contributed by atoms with E-state index in [1.807, 2.05) is 30.3 Å². The fraction of sp³-hybridized carbons (Fsp3) is 0.0909. The lowest BCUT2D eigenvalue weighted by atomic mass is 10.1. The molecule has 0 radical (unpaired) electrons. The Kier molecular flexibility index (Phi) is 5.58. The van der Waals surface area contributed by atoms with Crippen LogP contribution >= 0.6 is 11.3 Å². The summed E-state index contributed by atoms with van der Waals surface area (Å²) in [6.07, 6.45) is 1.42. The first-order valence-electron chi connectivity index (χ1n) is 8.99. The molecule has 0 unspecified atom stereocenters. The molecule has 0 saturated heterocycles. The topological polar surface area (TPSA) is 64.4 Å². The smallest absolute Gasteiger partial charge is 0.293 e. The Morgan fingerprint density at radius 1 is 1.13 bits per heavy atom. The summed E-state index contributed by atoms with van der Waals surface area (Å²) in [5, 5.41) is 3.01. The molecule has 5 nitrogen and oxygen atoms in total. The van der Waals surface area contributed by atoms with Gasteiger partial charge >= 0.3 is 0 Å². The molecule has 2 aromatic carbocycles. The Morgan fingerprint density at radius 3 is 2.70 bits per heavy atom. The van der Waals surface area contributed by atoms with Gasteiger partial charge < -0.3 is 9.15 Å². The molecule has 0 aliphatic rings. The molecule has 4 aromatic rings. The first kappa shape index (κ1) is 19.8. The molecule has 0 atom stereocenters. The van der Waals surface area contributed by atoms with E-state index in [9.17, 15) is 13.6 Å². The van der Waals surface area contributed by atoms with E-state index in [-0.39, 0.29) is 12.4 Å². The van der Waals surface area contributed by atoms with Crippen LogP contribution in [0.2, 0.25) is 0 Å². The molecule has 1 amide bonds. The number of hydrogen-bond donors (Lipinski definition) is 1. The van der Waals surface area contributed by atoms with E-state index in [0.29, 0.717) is 27.7 Å². The molecule has 0 aliphatic heterocycles. The van der Waals surface area contributed by atoms with Gasteiger partial charge in [-0.05, 0) is 43.3 Å². The number of carbonyl (C=O) groups excluding carboxylic acids is 1. The zero-order valence-corrected chi connectivity index (χ0v) is 16.6. The molecule has 8 heteroatoms. The van der Waals surface area contributed by atoms with Crippen molar-refractivity contribution >= 4 is 22.4 Å². The minimum atomic E-state index is -0.955. The average Bonchev–Trinajstić information content (AvgIpc) is 3.35. The van der Waals surface area contributed by atoms with Gasteiger partial charge in [0.1, 0.15) is 12.4 Å². The van der Waals surface area contributed by atoms with Crippen LogP contribution < -0.4 is 10.1 Å². The summed E-state index contributed by atoms with van der Waals surface area (Å²) in [4.78, 5) is 17.8. The van der Waals surface area contributed by atoms with Crippen molar-refractivity contribution in [1.29, 1.82) is 0 Å². The van der Waals surface area contributed by atoms with E-state index in [2.05, 4.69) is 10.3 Å². The first-order valence-corrected chi connectivity index (χ1v) is 9.81. The van der Waals surface area contributed by atoms with E-state index < -0.39 is 17.5 Å². The summed E-state index contributed by atoms with van der Waals surface area (Å²) < 4.78 is 37.7. The number of furan rings is 1. The van der Waals surface area contributed by atoms with Crippen molar-refractivity contribution in [3.05, 3.63) is 88.7 Å². The zero-order chi connectivity index (χ0) is 21.1. The molecule has 0 fully saturated rings. The number of anilines is 1. The Bertz CT molecular complexity index is 1190. The maximum atomic E-state index is 13.5. The van der Waals surface area contributed by atoms with Gasteiger partial charge in [0.15, 0.2) is 22.5 Å². The van der Waals surface area contributed by atoms with Gasteiger partial charge in [-0.25, -0.2) is 13.8 Å². The van der Waals surface area contributed by atoms with Crippen molar-refractivity contribution in [2.45, 2.75) is 13.5 Å². The summed E-state index contributed by atoms with van der Waals surface area (Å²) in [5.74, 6) is -1.56. The van der Waals surface area contributed by atoms with E-state index >= 15 is 0 Å². The van der Waals surface area contributed by atoms with E-state index in [0.717, 1.165) is 17.0 Å². The zero-order valence-electron chi connectivity index (χ0n) is 15.8. The fourth-order valence-corrected chi connectivity index (χ4v) is 3.67. The number of nitrogens with zero attached hydrogens (tertiary/aromatic N) is 1. The van der Waals surface area contributed by atoms with E-state index in [1.165, 1.54) is 23.7 Å². The fourth-order valence-electron chi connectivity index (χ4n) is 2.84. The van der Waals surface area contributed by atoms with Gasteiger partial charge in [0.2, 0.25) is 0 Å². The molecule has 1 N–H and O–H groups in total. The van der Waals surface area contributed by atoms with Gasteiger partial charge in [-0.2, -0.15) is 0 Å². The molecule has 0 saturated carbocycles. The molecular formula is C22H16F2N2O3S. The lowest BCUT2D eigenvalue weighted by molar-refractivity contribution is 0.0993. The second-order valence-electron chi connectivity index (χ2n) is 6.38. The Balaban J connectivity index is 1.48. The van der Waals surface area contributed by atoms with Crippen LogP contribution in [0.25, 0.3) is 11.3 Å². The van der Waals surface area contributed by atoms with Crippen molar-refractivity contribution < 1.29 is 22.7 Å². The van der Waals surface area contributed by atoms with E-state index in [4.69, 9.17) is 9.15 Å². The van der Waals surface area contributed by atoms with Gasteiger partial charge in [0, 0.05) is 16.0 Å². The summed E-state index contributed by atoms with van der Waals surface area (Å²) >= 11 is 1.23. The largest absolute Gasteiger partial charge is 0.489 e. The van der Waals surface area contributed by atoms with Crippen LogP contribution in [0.3, 0.4) is 0 Å². The van der Waals surface area contributed by atoms with Gasteiger partial charge in [0.25, 0.3) is 5.91 Å². The molecule has 2 heterocycles. The number of amides is 1. The number of thiazole rings is 1. The molecule has 0 aliphatic carbocycles. The number of carbonyl (C=O) groups is 1. The van der Waals surface area contributed by atoms with Crippen LogP contribution in [0.4, 0.5) is 13.9 Å². The van der Waals surface area contributed by atoms with Crippen molar-refractivity contribution in [2.24, 2.45) is 0 Å². The Hall–Kier alpha value is -3.52. The van der Waals surface area contributed by atoms with Crippen LogP contribution in [0.1, 0.15) is 21.0 Å². The monoisotopic (exact) mass is 426 g/mol. The van der Waals surface area contributed by atoms with Crippen LogP contribution in [-0.4, -0.2) is 10.9 Å². The van der Waals surface area contributed by atoms with E-state index in [1.54, 1.807) is 13.0 Å². The number of para-hydroxylation sites is 1. The van der Waals surface area contributed by atoms with Crippen molar-refractivity contribution in [3.63, 3.8) is 0 Å². The quantitative estimate of drug-likeness (QED) is 0.422. The number of ether oxygens (including phenoxy) is 1. The highest BCUT2D eigenvalue weighted by Crippen LogP contribution is 2.31. The SMILES string of the molecule is Cc1sc(NC(=O)c2occc2COc2ccccc2)nc1-c1ccc(F)c(F)c1. The second-order valence-corrected chi connectivity index (χ2v) is 7.59. The number of rotatable bonds is 6. The number of aromatic nitrogens is 1. The summed E-state index contributed by atoms with van der Waals surface area (Å²) in [6, 6.07) is 14.5. The second kappa shape index (κ2) is 8.46. The van der Waals surface area contributed by atoms with Crippen LogP contribution in [0, 0.1) is 18.6 Å². The van der Waals surface area contributed by atoms with Crippen LogP contribution in [-0.2, 0) is 6.61 Å².